The van der Waals surface area contributed by atoms with Crippen LogP contribution >= 0.6 is 0 Å². The lowest BCUT2D eigenvalue weighted by molar-refractivity contribution is 0.478. The van der Waals surface area contributed by atoms with Gasteiger partial charge in [0.1, 0.15) is 0 Å². The van der Waals surface area contributed by atoms with Gasteiger partial charge in [0.15, 0.2) is 0 Å². The van der Waals surface area contributed by atoms with Crippen LogP contribution < -0.4 is 10.6 Å². The predicted octanol–water partition coefficient (Wildman–Crippen LogP) is 2.14. The summed E-state index contributed by atoms with van der Waals surface area (Å²) in [6.45, 7) is 6.81. The summed E-state index contributed by atoms with van der Waals surface area (Å²) in [4.78, 5) is 0. The Morgan fingerprint density at radius 3 is 2.86 bits per heavy atom. The molecule has 82 valence electrons. The molecular formula is C12H24N2. The van der Waals surface area contributed by atoms with Gasteiger partial charge in [-0.15, -0.1) is 0 Å². The van der Waals surface area contributed by atoms with E-state index >= 15 is 0 Å². The number of rotatable bonds is 6. The maximum atomic E-state index is 3.53. The van der Waals surface area contributed by atoms with Crippen molar-refractivity contribution in [2.75, 3.05) is 20.1 Å². The fraction of sp³-hybridized carbons (Fsp3) is 0.833. The summed E-state index contributed by atoms with van der Waals surface area (Å²) in [5.74, 6) is 1.47. The van der Waals surface area contributed by atoms with Crippen LogP contribution in [0.15, 0.2) is 11.8 Å². The van der Waals surface area contributed by atoms with Crippen molar-refractivity contribution in [1.82, 2.24) is 10.6 Å². The molecule has 0 amide bonds. The monoisotopic (exact) mass is 196 g/mol. The third-order valence-corrected chi connectivity index (χ3v) is 2.91. The summed E-state index contributed by atoms with van der Waals surface area (Å²) in [5, 5.41) is 6.77. The topological polar surface area (TPSA) is 24.1 Å². The van der Waals surface area contributed by atoms with Gasteiger partial charge < -0.3 is 10.6 Å². The van der Waals surface area contributed by atoms with Gasteiger partial charge in [-0.25, -0.2) is 0 Å². The Kier molecular flexibility index (Phi) is 5.02. The number of allylic oxidation sites excluding steroid dienone is 1. The zero-order chi connectivity index (χ0) is 10.4. The molecule has 2 atom stereocenters. The van der Waals surface area contributed by atoms with E-state index in [1.807, 2.05) is 7.05 Å². The van der Waals surface area contributed by atoms with Gasteiger partial charge in [-0.3, -0.25) is 0 Å². The zero-order valence-corrected chi connectivity index (χ0v) is 9.77. The van der Waals surface area contributed by atoms with E-state index in [2.05, 4.69) is 30.6 Å². The van der Waals surface area contributed by atoms with Crippen molar-refractivity contribution in [3.05, 3.63) is 11.8 Å². The van der Waals surface area contributed by atoms with Crippen molar-refractivity contribution >= 4 is 0 Å². The van der Waals surface area contributed by atoms with Crippen LogP contribution in [0.1, 0.15) is 33.1 Å². The van der Waals surface area contributed by atoms with E-state index in [9.17, 15) is 0 Å². The SMILES string of the molecule is CCCC(CCNC)C1=CC(C)CN1. The molecule has 1 heterocycles. The molecule has 0 aromatic carbocycles. The van der Waals surface area contributed by atoms with Gasteiger partial charge >= 0.3 is 0 Å². The molecule has 0 aliphatic carbocycles. The Bertz CT molecular complexity index is 187. The molecule has 0 spiro atoms. The average molecular weight is 196 g/mol. The van der Waals surface area contributed by atoms with Crippen LogP contribution in [0.5, 0.6) is 0 Å². The Morgan fingerprint density at radius 2 is 2.36 bits per heavy atom. The predicted molar refractivity (Wildman–Crippen MR) is 62.2 cm³/mol. The van der Waals surface area contributed by atoms with Crippen molar-refractivity contribution in [2.24, 2.45) is 11.8 Å². The summed E-state index contributed by atoms with van der Waals surface area (Å²) in [7, 11) is 2.03. The number of hydrogen-bond acceptors (Lipinski definition) is 2. The molecule has 0 radical (unpaired) electrons. The lowest BCUT2D eigenvalue weighted by Gasteiger charge is -2.18. The minimum absolute atomic E-state index is 0.721. The first-order valence-corrected chi connectivity index (χ1v) is 5.88. The van der Waals surface area contributed by atoms with Crippen LogP contribution in [0.2, 0.25) is 0 Å². The van der Waals surface area contributed by atoms with Crippen molar-refractivity contribution < 1.29 is 0 Å². The molecule has 2 N–H and O–H groups in total. The van der Waals surface area contributed by atoms with E-state index in [1.165, 1.54) is 25.0 Å². The minimum Gasteiger partial charge on any atom is -0.388 e. The molecule has 0 saturated heterocycles. The Balaban J connectivity index is 2.44. The molecule has 2 unspecified atom stereocenters. The van der Waals surface area contributed by atoms with Crippen LogP contribution in [0, 0.1) is 11.8 Å². The second kappa shape index (κ2) is 6.07. The normalized spacial score (nSPS) is 23.1. The van der Waals surface area contributed by atoms with Crippen LogP contribution in [0.4, 0.5) is 0 Å². The van der Waals surface area contributed by atoms with E-state index in [0.29, 0.717) is 0 Å². The lowest BCUT2D eigenvalue weighted by Crippen LogP contribution is -2.21. The van der Waals surface area contributed by atoms with Crippen LogP contribution in [0.3, 0.4) is 0 Å². The number of hydrogen-bond donors (Lipinski definition) is 2. The Hall–Kier alpha value is -0.500. The second-order valence-electron chi connectivity index (χ2n) is 4.36. The van der Waals surface area contributed by atoms with Crippen molar-refractivity contribution in [1.29, 1.82) is 0 Å². The minimum atomic E-state index is 0.721. The molecule has 2 heteroatoms. The standard InChI is InChI=1S/C12H24N2/c1-4-5-11(6-7-13-3)12-8-10(2)9-14-12/h8,10-11,13-14H,4-7,9H2,1-3H3. The molecule has 2 nitrogen and oxygen atoms in total. The molecule has 0 aromatic heterocycles. The van der Waals surface area contributed by atoms with E-state index < -0.39 is 0 Å². The highest BCUT2D eigenvalue weighted by Crippen LogP contribution is 2.23. The zero-order valence-electron chi connectivity index (χ0n) is 9.77. The largest absolute Gasteiger partial charge is 0.388 e. The van der Waals surface area contributed by atoms with E-state index in [1.54, 1.807) is 0 Å². The summed E-state index contributed by atoms with van der Waals surface area (Å²) in [6.07, 6.45) is 6.26. The number of nitrogens with one attached hydrogen (secondary N) is 2. The van der Waals surface area contributed by atoms with Crippen molar-refractivity contribution in [2.45, 2.75) is 33.1 Å². The van der Waals surface area contributed by atoms with Gasteiger partial charge in [-0.1, -0.05) is 26.3 Å². The first-order chi connectivity index (χ1) is 6.77. The third kappa shape index (κ3) is 3.33. The average Bonchev–Trinajstić information content (AvgIpc) is 2.59. The third-order valence-electron chi connectivity index (χ3n) is 2.91. The highest BCUT2D eigenvalue weighted by molar-refractivity contribution is 5.12. The molecule has 1 rings (SSSR count). The summed E-state index contributed by atoms with van der Waals surface area (Å²) in [6, 6.07) is 0. The molecule has 1 aliphatic heterocycles. The summed E-state index contributed by atoms with van der Waals surface area (Å²) >= 11 is 0. The van der Waals surface area contributed by atoms with E-state index in [-0.39, 0.29) is 0 Å². The van der Waals surface area contributed by atoms with Gasteiger partial charge in [0.25, 0.3) is 0 Å². The van der Waals surface area contributed by atoms with E-state index in [0.717, 1.165) is 24.9 Å². The highest BCUT2D eigenvalue weighted by atomic mass is 14.9. The van der Waals surface area contributed by atoms with Gasteiger partial charge in [0, 0.05) is 12.2 Å². The maximum Gasteiger partial charge on any atom is 0.0205 e. The smallest absolute Gasteiger partial charge is 0.0205 e. The van der Waals surface area contributed by atoms with Gasteiger partial charge in [-0.05, 0) is 38.3 Å². The molecule has 0 aromatic rings. The molecule has 0 bridgehead atoms. The van der Waals surface area contributed by atoms with Crippen molar-refractivity contribution in [3.63, 3.8) is 0 Å². The summed E-state index contributed by atoms with van der Waals surface area (Å²) < 4.78 is 0. The molecule has 0 fully saturated rings. The molecule has 1 aliphatic rings. The Morgan fingerprint density at radius 1 is 1.57 bits per heavy atom. The van der Waals surface area contributed by atoms with Gasteiger partial charge in [0.05, 0.1) is 0 Å². The second-order valence-corrected chi connectivity index (χ2v) is 4.36. The highest BCUT2D eigenvalue weighted by Gasteiger charge is 2.18. The molecule has 14 heavy (non-hydrogen) atoms. The van der Waals surface area contributed by atoms with Crippen LogP contribution in [-0.4, -0.2) is 20.1 Å². The fourth-order valence-corrected chi connectivity index (χ4v) is 2.11. The fourth-order valence-electron chi connectivity index (χ4n) is 2.11. The Labute approximate surface area is 88.2 Å². The van der Waals surface area contributed by atoms with E-state index in [4.69, 9.17) is 0 Å². The van der Waals surface area contributed by atoms with Gasteiger partial charge in [-0.2, -0.15) is 0 Å². The van der Waals surface area contributed by atoms with Crippen LogP contribution in [0.25, 0.3) is 0 Å². The van der Waals surface area contributed by atoms with Crippen LogP contribution in [-0.2, 0) is 0 Å². The molecular weight excluding hydrogens is 172 g/mol. The maximum absolute atomic E-state index is 3.53. The lowest BCUT2D eigenvalue weighted by atomic mass is 9.95. The van der Waals surface area contributed by atoms with Gasteiger partial charge in [0.2, 0.25) is 0 Å². The quantitative estimate of drug-likeness (QED) is 0.680. The first-order valence-electron chi connectivity index (χ1n) is 5.88. The summed E-state index contributed by atoms with van der Waals surface area (Å²) in [5.41, 5.74) is 1.50. The first kappa shape index (κ1) is 11.6. The van der Waals surface area contributed by atoms with Crippen molar-refractivity contribution in [3.8, 4) is 0 Å². The molecule has 0 saturated carbocycles.